The number of nitrogens with one attached hydrogen (secondary N) is 1. The summed E-state index contributed by atoms with van der Waals surface area (Å²) >= 11 is 0. The minimum Gasteiger partial charge on any atom is -0.494 e. The van der Waals surface area contributed by atoms with Gasteiger partial charge in [-0.05, 0) is 68.2 Å². The zero-order chi connectivity index (χ0) is 22.6. The standard InChI is InChI=1S/C24H36N2O5/c1-5-23(3,4)17-11-13-24(14-12-17)21(28)26(22(29)25-24)15-18(27)16-31-20-9-7-19(8-10-20)30-6-2/h7-10,17-18,27H,5-6,11-16H2,1-4H3,(H,25,29). The quantitative estimate of drug-likeness (QED) is 0.581. The van der Waals surface area contributed by atoms with Crippen molar-refractivity contribution in [2.75, 3.05) is 19.8 Å². The molecule has 3 rings (SSSR count). The van der Waals surface area contributed by atoms with Crippen LogP contribution in [0.25, 0.3) is 0 Å². The molecule has 7 nitrogen and oxygen atoms in total. The van der Waals surface area contributed by atoms with Crippen LogP contribution in [0.3, 0.4) is 0 Å². The maximum atomic E-state index is 13.1. The summed E-state index contributed by atoms with van der Waals surface area (Å²) in [5, 5.41) is 13.3. The minimum absolute atomic E-state index is 0.00912. The monoisotopic (exact) mass is 432 g/mol. The van der Waals surface area contributed by atoms with Crippen molar-refractivity contribution in [2.45, 2.75) is 71.4 Å². The molecule has 1 saturated heterocycles. The lowest BCUT2D eigenvalue weighted by atomic mass is 9.65. The van der Waals surface area contributed by atoms with Crippen LogP contribution in [0.5, 0.6) is 11.5 Å². The van der Waals surface area contributed by atoms with Gasteiger partial charge in [0.1, 0.15) is 29.7 Å². The van der Waals surface area contributed by atoms with Gasteiger partial charge >= 0.3 is 6.03 Å². The third kappa shape index (κ3) is 5.14. The van der Waals surface area contributed by atoms with E-state index in [1.165, 1.54) is 0 Å². The molecule has 1 aliphatic carbocycles. The molecule has 0 radical (unpaired) electrons. The number of imide groups is 1. The summed E-state index contributed by atoms with van der Waals surface area (Å²) < 4.78 is 11.0. The average molecular weight is 433 g/mol. The second-order valence-electron chi connectivity index (χ2n) is 9.41. The highest BCUT2D eigenvalue weighted by atomic mass is 16.5. The average Bonchev–Trinajstić information content (AvgIpc) is 2.97. The number of amides is 3. The van der Waals surface area contributed by atoms with Gasteiger partial charge in [-0.15, -0.1) is 0 Å². The van der Waals surface area contributed by atoms with Crippen molar-refractivity contribution in [3.05, 3.63) is 24.3 Å². The largest absolute Gasteiger partial charge is 0.494 e. The van der Waals surface area contributed by atoms with Gasteiger partial charge in [0.15, 0.2) is 0 Å². The summed E-state index contributed by atoms with van der Waals surface area (Å²) in [6.07, 6.45) is 3.28. The number of carbonyl (C=O) groups is 2. The lowest BCUT2D eigenvalue weighted by molar-refractivity contribution is -0.134. The van der Waals surface area contributed by atoms with Crippen molar-refractivity contribution in [3.63, 3.8) is 0 Å². The van der Waals surface area contributed by atoms with Crippen LogP contribution in [0.1, 0.15) is 59.8 Å². The fraction of sp³-hybridized carbons (Fsp3) is 0.667. The number of nitrogens with zero attached hydrogens (tertiary/aromatic N) is 1. The first-order valence-electron chi connectivity index (χ1n) is 11.4. The molecular formula is C24H36N2O5. The third-order valence-electron chi connectivity index (χ3n) is 7.07. The minimum atomic E-state index is -0.966. The van der Waals surface area contributed by atoms with Crippen molar-refractivity contribution in [1.29, 1.82) is 0 Å². The number of hydrogen-bond donors (Lipinski definition) is 2. The molecule has 0 aromatic heterocycles. The molecule has 7 heteroatoms. The number of urea groups is 1. The van der Waals surface area contributed by atoms with Gasteiger partial charge in [0.25, 0.3) is 5.91 Å². The number of ether oxygens (including phenoxy) is 2. The second-order valence-corrected chi connectivity index (χ2v) is 9.41. The van der Waals surface area contributed by atoms with Crippen LogP contribution in [0, 0.1) is 11.3 Å². The van der Waals surface area contributed by atoms with Crippen molar-refractivity contribution in [3.8, 4) is 11.5 Å². The number of carbonyl (C=O) groups excluding carboxylic acids is 2. The van der Waals surface area contributed by atoms with E-state index in [0.717, 1.165) is 29.9 Å². The lowest BCUT2D eigenvalue weighted by Crippen LogP contribution is -2.51. The Balaban J connectivity index is 1.53. The summed E-state index contributed by atoms with van der Waals surface area (Å²) in [4.78, 5) is 26.8. The molecule has 31 heavy (non-hydrogen) atoms. The molecule has 1 aromatic carbocycles. The highest BCUT2D eigenvalue weighted by molar-refractivity contribution is 6.07. The highest BCUT2D eigenvalue weighted by Crippen LogP contribution is 2.45. The zero-order valence-corrected chi connectivity index (χ0v) is 19.1. The van der Waals surface area contributed by atoms with E-state index < -0.39 is 17.7 Å². The Morgan fingerprint density at radius 3 is 2.26 bits per heavy atom. The van der Waals surface area contributed by atoms with E-state index in [1.54, 1.807) is 24.3 Å². The van der Waals surface area contributed by atoms with Crippen molar-refractivity contribution in [1.82, 2.24) is 10.2 Å². The number of aliphatic hydroxyl groups excluding tert-OH is 1. The molecule has 1 aromatic rings. The summed E-state index contributed by atoms with van der Waals surface area (Å²) in [6, 6.07) is 6.69. The first-order chi connectivity index (χ1) is 14.7. The van der Waals surface area contributed by atoms with Gasteiger partial charge in [-0.3, -0.25) is 9.69 Å². The van der Waals surface area contributed by atoms with Crippen LogP contribution in [0.2, 0.25) is 0 Å². The molecule has 2 aliphatic rings. The molecule has 1 atom stereocenters. The molecule has 3 amide bonds. The predicted molar refractivity (Wildman–Crippen MR) is 118 cm³/mol. The molecule has 2 N–H and O–H groups in total. The fourth-order valence-corrected chi connectivity index (χ4v) is 4.62. The van der Waals surface area contributed by atoms with Gasteiger partial charge < -0.3 is 19.9 Å². The predicted octanol–water partition coefficient (Wildman–Crippen LogP) is 3.74. The highest BCUT2D eigenvalue weighted by Gasteiger charge is 2.53. The first-order valence-corrected chi connectivity index (χ1v) is 11.4. The Morgan fingerprint density at radius 2 is 1.71 bits per heavy atom. The van der Waals surface area contributed by atoms with Crippen LogP contribution in [-0.4, -0.2) is 53.3 Å². The van der Waals surface area contributed by atoms with Gasteiger partial charge in [0, 0.05) is 0 Å². The normalized spacial score (nSPS) is 24.9. The Kier molecular flexibility index (Phi) is 7.14. The van der Waals surface area contributed by atoms with E-state index in [1.807, 2.05) is 6.92 Å². The van der Waals surface area contributed by atoms with Crippen molar-refractivity contribution in [2.24, 2.45) is 11.3 Å². The number of hydrogen-bond acceptors (Lipinski definition) is 5. The fourth-order valence-electron chi connectivity index (χ4n) is 4.62. The summed E-state index contributed by atoms with van der Waals surface area (Å²) in [7, 11) is 0. The Morgan fingerprint density at radius 1 is 1.13 bits per heavy atom. The molecule has 1 heterocycles. The lowest BCUT2D eigenvalue weighted by Gasteiger charge is -2.42. The van der Waals surface area contributed by atoms with Crippen LogP contribution in [-0.2, 0) is 4.79 Å². The molecule has 1 aliphatic heterocycles. The van der Waals surface area contributed by atoms with E-state index in [4.69, 9.17) is 9.47 Å². The van der Waals surface area contributed by atoms with E-state index in [-0.39, 0.29) is 24.5 Å². The van der Waals surface area contributed by atoms with Gasteiger partial charge in [0.05, 0.1) is 13.2 Å². The molecule has 1 unspecified atom stereocenters. The first kappa shape index (κ1) is 23.4. The van der Waals surface area contributed by atoms with Gasteiger partial charge in [-0.25, -0.2) is 4.79 Å². The topological polar surface area (TPSA) is 88.1 Å². The zero-order valence-electron chi connectivity index (χ0n) is 19.1. The van der Waals surface area contributed by atoms with Crippen LogP contribution >= 0.6 is 0 Å². The van der Waals surface area contributed by atoms with E-state index in [0.29, 0.717) is 31.1 Å². The van der Waals surface area contributed by atoms with Gasteiger partial charge in [-0.1, -0.05) is 27.2 Å². The number of aliphatic hydroxyl groups is 1. The number of benzene rings is 1. The van der Waals surface area contributed by atoms with Crippen LogP contribution in [0.15, 0.2) is 24.3 Å². The van der Waals surface area contributed by atoms with Gasteiger partial charge in [0.2, 0.25) is 0 Å². The summed E-state index contributed by atoms with van der Waals surface area (Å²) in [5.74, 6) is 1.67. The van der Waals surface area contributed by atoms with Gasteiger partial charge in [-0.2, -0.15) is 0 Å². The number of β-amino-alcohol motifs (C(OH)–C–C–N with tert-alkyl or cyclic N) is 1. The van der Waals surface area contributed by atoms with Crippen LogP contribution in [0.4, 0.5) is 4.79 Å². The van der Waals surface area contributed by atoms with Crippen LogP contribution < -0.4 is 14.8 Å². The SMILES string of the molecule is CCOc1ccc(OCC(O)CN2C(=O)NC3(CCC(C(C)(C)CC)CC3)C2=O)cc1. The third-order valence-corrected chi connectivity index (χ3v) is 7.07. The molecule has 0 bridgehead atoms. The molecule has 1 spiro atoms. The number of rotatable bonds is 9. The van der Waals surface area contributed by atoms with E-state index in [9.17, 15) is 14.7 Å². The summed E-state index contributed by atoms with van der Waals surface area (Å²) in [6.45, 7) is 9.17. The van der Waals surface area contributed by atoms with E-state index in [2.05, 4.69) is 26.1 Å². The molecule has 1 saturated carbocycles. The molecule has 172 valence electrons. The maximum Gasteiger partial charge on any atom is 0.325 e. The summed E-state index contributed by atoms with van der Waals surface area (Å²) in [5.41, 5.74) is -0.575. The molecular weight excluding hydrogens is 396 g/mol. The van der Waals surface area contributed by atoms with E-state index >= 15 is 0 Å². The van der Waals surface area contributed by atoms with Crippen molar-refractivity contribution < 1.29 is 24.2 Å². The maximum absolute atomic E-state index is 13.1. The Labute approximate surface area is 185 Å². The van der Waals surface area contributed by atoms with Crippen molar-refractivity contribution >= 4 is 11.9 Å². The smallest absolute Gasteiger partial charge is 0.325 e. The Bertz CT molecular complexity index is 769. The molecule has 2 fully saturated rings. The second kappa shape index (κ2) is 9.47. The Hall–Kier alpha value is -2.28.